The van der Waals surface area contributed by atoms with E-state index in [2.05, 4.69) is 0 Å². The van der Waals surface area contributed by atoms with Crippen molar-refractivity contribution in [1.82, 2.24) is 4.31 Å². The molecule has 0 spiro atoms. The van der Waals surface area contributed by atoms with E-state index in [1.54, 1.807) is 13.8 Å². The lowest BCUT2D eigenvalue weighted by molar-refractivity contribution is 0.0696. The van der Waals surface area contributed by atoms with Gasteiger partial charge >= 0.3 is 5.97 Å². The fourth-order valence-corrected chi connectivity index (χ4v) is 6.73. The Morgan fingerprint density at radius 1 is 1.35 bits per heavy atom. The van der Waals surface area contributed by atoms with Gasteiger partial charge in [0.2, 0.25) is 10.0 Å². The van der Waals surface area contributed by atoms with E-state index in [1.807, 2.05) is 0 Å². The predicted molar refractivity (Wildman–Crippen MR) is 84.8 cm³/mol. The SMILES string of the molecule is Cc1ccc(C(=O)O)cc1S(=O)(=O)N(C)[C@]1(C)CCS(=O)(=O)C1. The minimum atomic E-state index is -4.01. The number of carboxylic acid groups (broad SMARTS) is 1. The van der Waals surface area contributed by atoms with Crippen LogP contribution in [0.15, 0.2) is 23.1 Å². The lowest BCUT2D eigenvalue weighted by atomic mass is 10.0. The molecule has 1 aromatic carbocycles. The molecule has 0 amide bonds. The summed E-state index contributed by atoms with van der Waals surface area (Å²) in [7, 11) is -5.95. The summed E-state index contributed by atoms with van der Waals surface area (Å²) in [5.74, 6) is -1.52. The van der Waals surface area contributed by atoms with Gasteiger partial charge in [-0.2, -0.15) is 4.31 Å². The number of sulfone groups is 1. The Labute approximate surface area is 135 Å². The van der Waals surface area contributed by atoms with E-state index in [4.69, 9.17) is 5.11 Å². The molecule has 0 aliphatic carbocycles. The molecule has 0 unspecified atom stereocenters. The van der Waals surface area contributed by atoms with Crippen molar-refractivity contribution < 1.29 is 26.7 Å². The van der Waals surface area contributed by atoms with E-state index in [1.165, 1.54) is 19.2 Å². The van der Waals surface area contributed by atoms with Gasteiger partial charge in [0.05, 0.1) is 22.0 Å². The average Bonchev–Trinajstić information content (AvgIpc) is 2.73. The zero-order chi connectivity index (χ0) is 17.6. The highest BCUT2D eigenvalue weighted by molar-refractivity contribution is 7.92. The van der Waals surface area contributed by atoms with Crippen LogP contribution in [-0.2, 0) is 19.9 Å². The highest BCUT2D eigenvalue weighted by Crippen LogP contribution is 2.33. The summed E-state index contributed by atoms with van der Waals surface area (Å²) in [6.45, 7) is 3.16. The maximum absolute atomic E-state index is 12.9. The molecule has 2 rings (SSSR count). The Balaban J connectivity index is 2.50. The maximum atomic E-state index is 12.9. The van der Waals surface area contributed by atoms with Gasteiger partial charge in [-0.3, -0.25) is 0 Å². The summed E-state index contributed by atoms with van der Waals surface area (Å²) in [5, 5.41) is 9.05. The second-order valence-electron chi connectivity index (χ2n) is 6.10. The topological polar surface area (TPSA) is 109 Å². The first-order valence-corrected chi connectivity index (χ1v) is 10.2. The van der Waals surface area contributed by atoms with E-state index < -0.39 is 31.4 Å². The largest absolute Gasteiger partial charge is 0.478 e. The van der Waals surface area contributed by atoms with E-state index in [-0.39, 0.29) is 28.4 Å². The van der Waals surface area contributed by atoms with Gasteiger partial charge < -0.3 is 5.11 Å². The standard InChI is InChI=1S/C14H19NO6S2/c1-10-4-5-11(13(16)17)8-12(10)23(20,21)15(3)14(2)6-7-22(18,19)9-14/h4-5,8H,6-7,9H2,1-3H3,(H,16,17)/t14-/m1/s1. The van der Waals surface area contributed by atoms with Crippen molar-refractivity contribution in [3.63, 3.8) is 0 Å². The lowest BCUT2D eigenvalue weighted by Gasteiger charge is -2.33. The van der Waals surface area contributed by atoms with Crippen LogP contribution in [0.25, 0.3) is 0 Å². The van der Waals surface area contributed by atoms with Gasteiger partial charge in [-0.15, -0.1) is 0 Å². The molecule has 1 saturated heterocycles. The average molecular weight is 361 g/mol. The van der Waals surface area contributed by atoms with Crippen molar-refractivity contribution in [2.24, 2.45) is 0 Å². The molecule has 1 aliphatic heterocycles. The highest BCUT2D eigenvalue weighted by atomic mass is 32.2. The number of sulfonamides is 1. The van der Waals surface area contributed by atoms with Crippen molar-refractivity contribution in [3.05, 3.63) is 29.3 Å². The number of nitrogens with zero attached hydrogens (tertiary/aromatic N) is 1. The number of benzene rings is 1. The Hall–Kier alpha value is -1.45. The van der Waals surface area contributed by atoms with Crippen LogP contribution in [0.4, 0.5) is 0 Å². The third-order valence-electron chi connectivity index (χ3n) is 4.32. The third kappa shape index (κ3) is 3.26. The molecule has 23 heavy (non-hydrogen) atoms. The number of rotatable bonds is 4. The third-order valence-corrected chi connectivity index (χ3v) is 8.36. The lowest BCUT2D eigenvalue weighted by Crippen LogP contribution is -2.48. The summed E-state index contributed by atoms with van der Waals surface area (Å²) in [5.41, 5.74) is -0.762. The smallest absolute Gasteiger partial charge is 0.335 e. The first-order valence-electron chi connectivity index (χ1n) is 6.92. The highest BCUT2D eigenvalue weighted by Gasteiger charge is 2.46. The fraction of sp³-hybridized carbons (Fsp3) is 0.500. The van der Waals surface area contributed by atoms with E-state index in [9.17, 15) is 21.6 Å². The molecule has 1 aliphatic rings. The second kappa shape index (κ2) is 5.57. The number of aromatic carboxylic acids is 1. The van der Waals surface area contributed by atoms with Gasteiger partial charge in [-0.05, 0) is 38.0 Å². The van der Waals surface area contributed by atoms with Crippen LogP contribution in [0.3, 0.4) is 0 Å². The summed E-state index contributed by atoms with van der Waals surface area (Å²) >= 11 is 0. The molecule has 0 bridgehead atoms. The second-order valence-corrected chi connectivity index (χ2v) is 10.2. The molecule has 7 nitrogen and oxygen atoms in total. The fourth-order valence-electron chi connectivity index (χ4n) is 2.69. The Morgan fingerprint density at radius 2 is 1.96 bits per heavy atom. The summed E-state index contributed by atoms with van der Waals surface area (Å²) < 4.78 is 50.2. The van der Waals surface area contributed by atoms with E-state index >= 15 is 0 Å². The van der Waals surface area contributed by atoms with Crippen LogP contribution in [0.5, 0.6) is 0 Å². The maximum Gasteiger partial charge on any atom is 0.335 e. The Morgan fingerprint density at radius 3 is 2.43 bits per heavy atom. The predicted octanol–water partition coefficient (Wildman–Crippen LogP) is 0.891. The molecule has 0 aromatic heterocycles. The van der Waals surface area contributed by atoms with Gasteiger partial charge in [0, 0.05) is 12.6 Å². The quantitative estimate of drug-likeness (QED) is 0.853. The molecular formula is C14H19NO6S2. The molecule has 1 atom stereocenters. The van der Waals surface area contributed by atoms with Gasteiger partial charge in [0.1, 0.15) is 0 Å². The molecular weight excluding hydrogens is 342 g/mol. The van der Waals surface area contributed by atoms with E-state index in [0.29, 0.717) is 5.56 Å². The summed E-state index contributed by atoms with van der Waals surface area (Å²) in [6, 6.07) is 3.87. The van der Waals surface area contributed by atoms with Crippen molar-refractivity contribution in [2.75, 3.05) is 18.6 Å². The normalized spacial score (nSPS) is 24.0. The number of carboxylic acids is 1. The van der Waals surface area contributed by atoms with Crippen LogP contribution >= 0.6 is 0 Å². The van der Waals surface area contributed by atoms with Crippen molar-refractivity contribution in [3.8, 4) is 0 Å². The molecule has 1 fully saturated rings. The van der Waals surface area contributed by atoms with Crippen LogP contribution in [0.1, 0.15) is 29.3 Å². The Kier molecular flexibility index (Phi) is 4.33. The molecule has 1 N–H and O–H groups in total. The van der Waals surface area contributed by atoms with Gasteiger partial charge in [-0.1, -0.05) is 6.07 Å². The van der Waals surface area contributed by atoms with Crippen molar-refractivity contribution in [2.45, 2.75) is 30.7 Å². The van der Waals surface area contributed by atoms with Gasteiger partial charge in [0.15, 0.2) is 9.84 Å². The molecule has 0 saturated carbocycles. The molecule has 1 aromatic rings. The zero-order valence-corrected chi connectivity index (χ0v) is 14.7. The van der Waals surface area contributed by atoms with Crippen LogP contribution < -0.4 is 0 Å². The van der Waals surface area contributed by atoms with Crippen molar-refractivity contribution >= 4 is 25.8 Å². The van der Waals surface area contributed by atoms with E-state index in [0.717, 1.165) is 10.4 Å². The van der Waals surface area contributed by atoms with Crippen LogP contribution in [-0.4, -0.2) is 56.3 Å². The molecule has 128 valence electrons. The summed E-state index contributed by atoms with van der Waals surface area (Å²) in [4.78, 5) is 11.0. The summed E-state index contributed by atoms with van der Waals surface area (Å²) in [6.07, 6.45) is 0.211. The molecule has 0 radical (unpaired) electrons. The number of aryl methyl sites for hydroxylation is 1. The van der Waals surface area contributed by atoms with Gasteiger partial charge in [0.25, 0.3) is 0 Å². The number of hydrogen-bond donors (Lipinski definition) is 1. The number of carbonyl (C=O) groups is 1. The monoisotopic (exact) mass is 361 g/mol. The number of hydrogen-bond acceptors (Lipinski definition) is 5. The van der Waals surface area contributed by atoms with Crippen LogP contribution in [0.2, 0.25) is 0 Å². The Bertz CT molecular complexity index is 859. The zero-order valence-electron chi connectivity index (χ0n) is 13.1. The first kappa shape index (κ1) is 17.9. The van der Waals surface area contributed by atoms with Crippen LogP contribution in [0, 0.1) is 6.92 Å². The minimum Gasteiger partial charge on any atom is -0.478 e. The minimum absolute atomic E-state index is 0.0580. The van der Waals surface area contributed by atoms with Crippen molar-refractivity contribution in [1.29, 1.82) is 0 Å². The molecule has 9 heteroatoms. The van der Waals surface area contributed by atoms with Gasteiger partial charge in [-0.25, -0.2) is 21.6 Å². The first-order chi connectivity index (χ1) is 10.4. The molecule has 1 heterocycles.